The van der Waals surface area contributed by atoms with Crippen LogP contribution in [0.15, 0.2) is 12.1 Å². The number of methoxy groups -OCH3 is 1. The number of benzene rings is 1. The van der Waals surface area contributed by atoms with Gasteiger partial charge in [-0.25, -0.2) is 4.39 Å². The Hall–Kier alpha value is -1.09. The van der Waals surface area contributed by atoms with Gasteiger partial charge in [0, 0.05) is 11.6 Å². The van der Waals surface area contributed by atoms with Gasteiger partial charge in [0.25, 0.3) is 0 Å². The summed E-state index contributed by atoms with van der Waals surface area (Å²) in [5, 5.41) is 0. The van der Waals surface area contributed by atoms with E-state index in [1.807, 2.05) is 19.9 Å². The zero-order chi connectivity index (χ0) is 13.2. The molecule has 17 heavy (non-hydrogen) atoms. The molecule has 0 heterocycles. The van der Waals surface area contributed by atoms with Gasteiger partial charge in [-0.05, 0) is 45.2 Å². The maximum Gasteiger partial charge on any atom is 0.134 e. The van der Waals surface area contributed by atoms with E-state index in [2.05, 4.69) is 0 Å². The Bertz CT molecular complexity index is 394. The highest BCUT2D eigenvalue weighted by molar-refractivity contribution is 5.48. The molecule has 0 aliphatic rings. The van der Waals surface area contributed by atoms with Crippen molar-refractivity contribution in [1.82, 2.24) is 0 Å². The number of alkyl halides is 1. The highest BCUT2D eigenvalue weighted by Gasteiger charge is 2.26. The van der Waals surface area contributed by atoms with Crippen LogP contribution in [0.2, 0.25) is 0 Å². The molecule has 1 unspecified atom stereocenters. The minimum atomic E-state index is -1.41. The summed E-state index contributed by atoms with van der Waals surface area (Å²) in [7, 11) is 1.58. The standard InChI is InChI=1S/C14H22FNO/c1-9-6-7-12(14(3,4)15)13(17-5)11(9)8-10(2)16/h6-7,10H,8,16H2,1-5H3. The molecule has 2 N–H and O–H groups in total. The third-order valence-electron chi connectivity index (χ3n) is 2.87. The predicted molar refractivity (Wildman–Crippen MR) is 69.2 cm³/mol. The average Bonchev–Trinajstić information content (AvgIpc) is 2.18. The van der Waals surface area contributed by atoms with Gasteiger partial charge in [-0.1, -0.05) is 12.1 Å². The van der Waals surface area contributed by atoms with Crippen LogP contribution in [0.1, 0.15) is 37.5 Å². The summed E-state index contributed by atoms with van der Waals surface area (Å²) in [6.45, 7) is 7.01. The lowest BCUT2D eigenvalue weighted by molar-refractivity contribution is 0.213. The molecule has 0 saturated heterocycles. The first-order chi connectivity index (χ1) is 7.77. The van der Waals surface area contributed by atoms with Crippen molar-refractivity contribution in [1.29, 1.82) is 0 Å². The Labute approximate surface area is 103 Å². The molecule has 0 radical (unpaired) electrons. The van der Waals surface area contributed by atoms with E-state index in [9.17, 15) is 4.39 Å². The lowest BCUT2D eigenvalue weighted by atomic mass is 9.91. The molecule has 0 spiro atoms. The van der Waals surface area contributed by atoms with Crippen LogP contribution in [0.5, 0.6) is 5.75 Å². The number of hydrogen-bond donors (Lipinski definition) is 1. The molecule has 0 aliphatic heterocycles. The van der Waals surface area contributed by atoms with E-state index >= 15 is 0 Å². The summed E-state index contributed by atoms with van der Waals surface area (Å²) < 4.78 is 19.5. The number of rotatable bonds is 4. The van der Waals surface area contributed by atoms with Crippen molar-refractivity contribution >= 4 is 0 Å². The van der Waals surface area contributed by atoms with Crippen LogP contribution < -0.4 is 10.5 Å². The van der Waals surface area contributed by atoms with Gasteiger partial charge in [-0.3, -0.25) is 0 Å². The molecule has 3 heteroatoms. The molecule has 1 aromatic rings. The van der Waals surface area contributed by atoms with Crippen molar-refractivity contribution in [2.45, 2.75) is 45.8 Å². The minimum absolute atomic E-state index is 0.0283. The third kappa shape index (κ3) is 3.19. The average molecular weight is 239 g/mol. The first kappa shape index (κ1) is 14.0. The van der Waals surface area contributed by atoms with E-state index in [1.165, 1.54) is 13.8 Å². The number of ether oxygens (including phenoxy) is 1. The highest BCUT2D eigenvalue weighted by atomic mass is 19.1. The lowest BCUT2D eigenvalue weighted by Gasteiger charge is -2.23. The van der Waals surface area contributed by atoms with Crippen LogP contribution in [0.4, 0.5) is 4.39 Å². The van der Waals surface area contributed by atoms with Gasteiger partial charge in [0.1, 0.15) is 11.4 Å². The molecule has 1 atom stereocenters. The van der Waals surface area contributed by atoms with Gasteiger partial charge in [-0.15, -0.1) is 0 Å². The van der Waals surface area contributed by atoms with E-state index in [-0.39, 0.29) is 6.04 Å². The fourth-order valence-electron chi connectivity index (χ4n) is 2.00. The van der Waals surface area contributed by atoms with Crippen molar-refractivity contribution < 1.29 is 9.13 Å². The lowest BCUT2D eigenvalue weighted by Crippen LogP contribution is -2.20. The van der Waals surface area contributed by atoms with Crippen LogP contribution in [0, 0.1) is 6.92 Å². The molecule has 2 nitrogen and oxygen atoms in total. The number of halogens is 1. The molecule has 1 rings (SSSR count). The predicted octanol–water partition coefficient (Wildman–Crippen LogP) is 3.10. The van der Waals surface area contributed by atoms with E-state index in [0.717, 1.165) is 11.1 Å². The van der Waals surface area contributed by atoms with E-state index in [0.29, 0.717) is 17.7 Å². The second-order valence-electron chi connectivity index (χ2n) is 5.10. The summed E-state index contributed by atoms with van der Waals surface area (Å²) in [6.07, 6.45) is 0.693. The van der Waals surface area contributed by atoms with Gasteiger partial charge in [0.15, 0.2) is 0 Å². The topological polar surface area (TPSA) is 35.2 Å². The van der Waals surface area contributed by atoms with Crippen LogP contribution in [0.3, 0.4) is 0 Å². The van der Waals surface area contributed by atoms with Crippen LogP contribution in [0.25, 0.3) is 0 Å². The monoisotopic (exact) mass is 239 g/mol. The SMILES string of the molecule is COc1c(C(C)(C)F)ccc(C)c1CC(C)N. The first-order valence-electron chi connectivity index (χ1n) is 5.88. The second kappa shape index (κ2) is 5.05. The number of aryl methyl sites for hydroxylation is 1. The Balaban J connectivity index is 3.36. The molecular formula is C14H22FNO. The second-order valence-corrected chi connectivity index (χ2v) is 5.10. The maximum atomic E-state index is 14.1. The molecule has 0 bridgehead atoms. The Morgan fingerprint density at radius 2 is 2.00 bits per heavy atom. The molecule has 0 aromatic heterocycles. The van der Waals surface area contributed by atoms with Gasteiger partial charge < -0.3 is 10.5 Å². The zero-order valence-corrected chi connectivity index (χ0v) is 11.3. The van der Waals surface area contributed by atoms with E-state index in [1.54, 1.807) is 13.2 Å². The largest absolute Gasteiger partial charge is 0.496 e. The van der Waals surface area contributed by atoms with Crippen LogP contribution >= 0.6 is 0 Å². The first-order valence-corrected chi connectivity index (χ1v) is 5.88. The minimum Gasteiger partial charge on any atom is -0.496 e. The smallest absolute Gasteiger partial charge is 0.134 e. The number of hydrogen-bond acceptors (Lipinski definition) is 2. The third-order valence-corrected chi connectivity index (χ3v) is 2.87. The van der Waals surface area contributed by atoms with E-state index in [4.69, 9.17) is 10.5 Å². The van der Waals surface area contributed by atoms with Crippen LogP contribution in [-0.4, -0.2) is 13.2 Å². The normalized spacial score (nSPS) is 13.6. The van der Waals surface area contributed by atoms with E-state index < -0.39 is 5.67 Å². The molecule has 1 aromatic carbocycles. The van der Waals surface area contributed by atoms with Crippen molar-refractivity contribution in [3.05, 3.63) is 28.8 Å². The molecule has 0 amide bonds. The molecular weight excluding hydrogens is 217 g/mol. The molecule has 0 fully saturated rings. The summed E-state index contributed by atoms with van der Waals surface area (Å²) in [4.78, 5) is 0. The zero-order valence-electron chi connectivity index (χ0n) is 11.3. The van der Waals surface area contributed by atoms with Crippen LogP contribution in [-0.2, 0) is 12.1 Å². The highest BCUT2D eigenvalue weighted by Crippen LogP contribution is 2.37. The fourth-order valence-corrected chi connectivity index (χ4v) is 2.00. The Kier molecular flexibility index (Phi) is 4.15. The number of nitrogens with two attached hydrogens (primary N) is 1. The maximum absolute atomic E-state index is 14.1. The van der Waals surface area contributed by atoms with Gasteiger partial charge >= 0.3 is 0 Å². The van der Waals surface area contributed by atoms with Gasteiger partial charge in [-0.2, -0.15) is 0 Å². The van der Waals surface area contributed by atoms with Crippen molar-refractivity contribution in [3.63, 3.8) is 0 Å². The summed E-state index contributed by atoms with van der Waals surface area (Å²) in [5.41, 5.74) is 7.10. The fraction of sp³-hybridized carbons (Fsp3) is 0.571. The molecule has 0 saturated carbocycles. The quantitative estimate of drug-likeness (QED) is 0.876. The Morgan fingerprint density at radius 1 is 1.41 bits per heavy atom. The molecule has 0 aliphatic carbocycles. The Morgan fingerprint density at radius 3 is 2.41 bits per heavy atom. The summed E-state index contributed by atoms with van der Waals surface area (Å²) >= 11 is 0. The van der Waals surface area contributed by atoms with Crippen molar-refractivity contribution in [2.75, 3.05) is 7.11 Å². The van der Waals surface area contributed by atoms with Crippen molar-refractivity contribution in [3.8, 4) is 5.75 Å². The van der Waals surface area contributed by atoms with Crippen molar-refractivity contribution in [2.24, 2.45) is 5.73 Å². The van der Waals surface area contributed by atoms with Gasteiger partial charge in [0.05, 0.1) is 7.11 Å². The molecule has 96 valence electrons. The summed E-state index contributed by atoms with van der Waals surface area (Å²) in [6, 6.07) is 3.75. The van der Waals surface area contributed by atoms with Gasteiger partial charge in [0.2, 0.25) is 0 Å². The summed E-state index contributed by atoms with van der Waals surface area (Å²) in [5.74, 6) is 0.634.